The molecule has 0 spiro atoms. The van der Waals surface area contributed by atoms with E-state index < -0.39 is 11.6 Å². The molecule has 0 fully saturated rings. The standard InChI is InChI=1S/C28H25N3O3/c32-25(21-9-3-1-4-10-21)15-16-26(33)31-27(22-11-5-2-6-12-22)28(34,23-13-7-17-29-19-23)24-14-8-18-30-20-24/h1-14,17-20,27,34H,15-16H2,(H,31,33). The molecule has 34 heavy (non-hydrogen) atoms. The fraction of sp³-hybridized carbons (Fsp3) is 0.143. The lowest BCUT2D eigenvalue weighted by Crippen LogP contribution is -2.45. The molecule has 1 atom stereocenters. The minimum atomic E-state index is -1.65. The van der Waals surface area contributed by atoms with Crippen LogP contribution >= 0.6 is 0 Å². The maximum Gasteiger partial charge on any atom is 0.221 e. The smallest absolute Gasteiger partial charge is 0.221 e. The van der Waals surface area contributed by atoms with Crippen molar-refractivity contribution in [3.05, 3.63) is 132 Å². The van der Waals surface area contributed by atoms with Crippen LogP contribution < -0.4 is 5.32 Å². The van der Waals surface area contributed by atoms with E-state index in [4.69, 9.17) is 0 Å². The highest BCUT2D eigenvalue weighted by Gasteiger charge is 2.42. The summed E-state index contributed by atoms with van der Waals surface area (Å²) in [6.45, 7) is 0. The van der Waals surface area contributed by atoms with Gasteiger partial charge in [0.1, 0.15) is 5.60 Å². The number of aromatic nitrogens is 2. The van der Waals surface area contributed by atoms with E-state index in [0.717, 1.165) is 0 Å². The van der Waals surface area contributed by atoms with Gasteiger partial charge in [-0.2, -0.15) is 0 Å². The van der Waals surface area contributed by atoms with Crippen molar-refractivity contribution < 1.29 is 14.7 Å². The number of benzene rings is 2. The first-order valence-corrected chi connectivity index (χ1v) is 11.0. The lowest BCUT2D eigenvalue weighted by atomic mass is 9.78. The third-order valence-electron chi connectivity index (χ3n) is 5.73. The fourth-order valence-electron chi connectivity index (χ4n) is 3.98. The van der Waals surface area contributed by atoms with Crippen molar-refractivity contribution in [2.75, 3.05) is 0 Å². The van der Waals surface area contributed by atoms with Crippen LogP contribution in [0.1, 0.15) is 45.9 Å². The first kappa shape index (κ1) is 23.0. The highest BCUT2D eigenvalue weighted by molar-refractivity contribution is 5.97. The number of ketones is 1. The molecule has 0 radical (unpaired) electrons. The van der Waals surface area contributed by atoms with E-state index in [1.165, 1.54) is 0 Å². The second kappa shape index (κ2) is 10.6. The Bertz CT molecular complexity index is 1180. The normalized spacial score (nSPS) is 12.0. The summed E-state index contributed by atoms with van der Waals surface area (Å²) in [7, 11) is 0. The summed E-state index contributed by atoms with van der Waals surface area (Å²) in [6, 6.07) is 24.3. The molecule has 2 aromatic heterocycles. The molecular weight excluding hydrogens is 426 g/mol. The molecule has 1 amide bonds. The zero-order chi connectivity index (χ0) is 23.8. The molecule has 4 aromatic rings. The van der Waals surface area contributed by atoms with Gasteiger partial charge in [-0.15, -0.1) is 0 Å². The Morgan fingerprint density at radius 3 is 1.85 bits per heavy atom. The summed E-state index contributed by atoms with van der Waals surface area (Å²) in [5.41, 5.74) is 0.649. The zero-order valence-electron chi connectivity index (χ0n) is 18.5. The third kappa shape index (κ3) is 5.08. The van der Waals surface area contributed by atoms with Gasteiger partial charge in [-0.1, -0.05) is 72.8 Å². The SMILES string of the molecule is O=C(CCC(=O)c1ccccc1)NC(c1ccccc1)C(O)(c1cccnc1)c1cccnc1. The molecule has 4 rings (SSSR count). The van der Waals surface area contributed by atoms with Gasteiger partial charge < -0.3 is 10.4 Å². The molecule has 0 saturated carbocycles. The van der Waals surface area contributed by atoms with Gasteiger partial charge >= 0.3 is 0 Å². The van der Waals surface area contributed by atoms with E-state index >= 15 is 0 Å². The number of nitrogens with zero attached hydrogens (tertiary/aromatic N) is 2. The van der Waals surface area contributed by atoms with E-state index in [1.807, 2.05) is 36.4 Å². The van der Waals surface area contributed by atoms with Gasteiger partial charge in [-0.05, 0) is 17.7 Å². The number of amides is 1. The molecule has 2 aromatic carbocycles. The third-order valence-corrected chi connectivity index (χ3v) is 5.73. The molecule has 2 heterocycles. The Labute approximate surface area is 198 Å². The quantitative estimate of drug-likeness (QED) is 0.372. The van der Waals surface area contributed by atoms with E-state index in [-0.39, 0.29) is 24.5 Å². The van der Waals surface area contributed by atoms with E-state index in [0.29, 0.717) is 22.3 Å². The maximum absolute atomic E-state index is 13.1. The maximum atomic E-state index is 13.1. The minimum absolute atomic E-state index is 0.00673. The number of carbonyl (C=O) groups is 2. The van der Waals surface area contributed by atoms with Crippen LogP contribution in [0.2, 0.25) is 0 Å². The Morgan fingerprint density at radius 1 is 0.765 bits per heavy atom. The molecule has 0 aliphatic rings. The average molecular weight is 452 g/mol. The van der Waals surface area contributed by atoms with Gasteiger partial charge in [0.15, 0.2) is 5.78 Å². The van der Waals surface area contributed by atoms with Crippen LogP contribution in [0.4, 0.5) is 0 Å². The fourth-order valence-corrected chi connectivity index (χ4v) is 3.98. The molecule has 170 valence electrons. The number of hydrogen-bond acceptors (Lipinski definition) is 5. The Kier molecular flexibility index (Phi) is 7.20. The zero-order valence-corrected chi connectivity index (χ0v) is 18.5. The lowest BCUT2D eigenvalue weighted by molar-refractivity contribution is -0.123. The van der Waals surface area contributed by atoms with Crippen LogP contribution in [0.15, 0.2) is 110 Å². The van der Waals surface area contributed by atoms with Crippen LogP contribution in [0, 0.1) is 0 Å². The van der Waals surface area contributed by atoms with Gasteiger partial charge in [0.05, 0.1) is 6.04 Å². The first-order valence-electron chi connectivity index (χ1n) is 11.0. The molecule has 0 aliphatic carbocycles. The van der Waals surface area contributed by atoms with E-state index in [2.05, 4.69) is 15.3 Å². The van der Waals surface area contributed by atoms with Gasteiger partial charge in [0, 0.05) is 54.3 Å². The van der Waals surface area contributed by atoms with Crippen LogP contribution in [0.5, 0.6) is 0 Å². The number of carbonyl (C=O) groups excluding carboxylic acids is 2. The highest BCUT2D eigenvalue weighted by atomic mass is 16.3. The van der Waals surface area contributed by atoms with E-state index in [9.17, 15) is 14.7 Å². The number of aliphatic hydroxyl groups is 1. The van der Waals surface area contributed by atoms with Crippen molar-refractivity contribution in [1.82, 2.24) is 15.3 Å². The summed E-state index contributed by atoms with van der Waals surface area (Å²) in [6.07, 6.45) is 6.46. The van der Waals surface area contributed by atoms with Crippen molar-refractivity contribution >= 4 is 11.7 Å². The van der Waals surface area contributed by atoms with E-state index in [1.54, 1.807) is 73.3 Å². The first-order chi connectivity index (χ1) is 16.6. The number of Topliss-reactive ketones (excluding diaryl/α,β-unsaturated/α-hetero) is 1. The van der Waals surface area contributed by atoms with Gasteiger partial charge in [0.2, 0.25) is 5.91 Å². The van der Waals surface area contributed by atoms with Crippen LogP contribution in [-0.4, -0.2) is 26.8 Å². The molecule has 1 unspecified atom stereocenters. The number of rotatable bonds is 9. The molecule has 6 nitrogen and oxygen atoms in total. The minimum Gasteiger partial charge on any atom is -0.378 e. The van der Waals surface area contributed by atoms with Crippen LogP contribution in [0.3, 0.4) is 0 Å². The van der Waals surface area contributed by atoms with Gasteiger partial charge in [0.25, 0.3) is 0 Å². The van der Waals surface area contributed by atoms with Crippen molar-refractivity contribution in [1.29, 1.82) is 0 Å². The predicted molar refractivity (Wildman–Crippen MR) is 129 cm³/mol. The topological polar surface area (TPSA) is 92.2 Å². The molecule has 0 saturated heterocycles. The second-order valence-electron chi connectivity index (χ2n) is 7.95. The van der Waals surface area contributed by atoms with Crippen molar-refractivity contribution in [3.63, 3.8) is 0 Å². The average Bonchev–Trinajstić information content (AvgIpc) is 2.92. The summed E-state index contributed by atoms with van der Waals surface area (Å²) in [5.74, 6) is -0.453. The largest absolute Gasteiger partial charge is 0.378 e. The van der Waals surface area contributed by atoms with Crippen LogP contribution in [0.25, 0.3) is 0 Å². The van der Waals surface area contributed by atoms with Gasteiger partial charge in [-0.3, -0.25) is 19.6 Å². The Morgan fingerprint density at radius 2 is 1.32 bits per heavy atom. The summed E-state index contributed by atoms with van der Waals surface area (Å²) < 4.78 is 0. The van der Waals surface area contributed by atoms with Gasteiger partial charge in [-0.25, -0.2) is 0 Å². The van der Waals surface area contributed by atoms with Crippen LogP contribution in [-0.2, 0) is 10.4 Å². The van der Waals surface area contributed by atoms with Crippen molar-refractivity contribution in [2.24, 2.45) is 0 Å². The number of hydrogen-bond donors (Lipinski definition) is 2. The Balaban J connectivity index is 1.66. The second-order valence-corrected chi connectivity index (χ2v) is 7.95. The number of nitrogens with one attached hydrogen (secondary N) is 1. The summed E-state index contributed by atoms with van der Waals surface area (Å²) >= 11 is 0. The molecule has 0 aliphatic heterocycles. The highest BCUT2D eigenvalue weighted by Crippen LogP contribution is 2.40. The summed E-state index contributed by atoms with van der Waals surface area (Å²) in [4.78, 5) is 33.9. The number of pyridine rings is 2. The molecule has 2 N–H and O–H groups in total. The lowest BCUT2D eigenvalue weighted by Gasteiger charge is -2.37. The molecule has 0 bridgehead atoms. The molecular formula is C28H25N3O3. The van der Waals surface area contributed by atoms with Crippen molar-refractivity contribution in [3.8, 4) is 0 Å². The molecule has 6 heteroatoms. The monoisotopic (exact) mass is 451 g/mol. The Hall–Kier alpha value is -4.16. The summed E-state index contributed by atoms with van der Waals surface area (Å²) in [5, 5.41) is 15.2. The van der Waals surface area contributed by atoms with Crippen molar-refractivity contribution in [2.45, 2.75) is 24.5 Å². The predicted octanol–water partition coefficient (Wildman–Crippen LogP) is 4.23.